The molecule has 0 saturated carbocycles. The Labute approximate surface area is 107 Å². The third kappa shape index (κ3) is 4.21. The second kappa shape index (κ2) is 6.87. The molecular formula is C13H20FNOS. The average Bonchev–Trinajstić information content (AvgIpc) is 2.35. The van der Waals surface area contributed by atoms with Gasteiger partial charge in [0.2, 0.25) is 0 Å². The molecule has 2 nitrogen and oxygen atoms in total. The van der Waals surface area contributed by atoms with Crippen LogP contribution >= 0.6 is 11.8 Å². The lowest BCUT2D eigenvalue weighted by Crippen LogP contribution is -2.25. The van der Waals surface area contributed by atoms with E-state index in [9.17, 15) is 4.39 Å². The van der Waals surface area contributed by atoms with E-state index in [1.54, 1.807) is 12.1 Å². The van der Waals surface area contributed by atoms with E-state index in [0.717, 1.165) is 12.1 Å². The smallest absolute Gasteiger partial charge is 0.165 e. The van der Waals surface area contributed by atoms with Crippen LogP contribution in [0.2, 0.25) is 0 Å². The van der Waals surface area contributed by atoms with Crippen LogP contribution in [-0.4, -0.2) is 25.2 Å². The zero-order chi connectivity index (χ0) is 12.8. The number of hydrogen-bond acceptors (Lipinski definition) is 3. The van der Waals surface area contributed by atoms with Crippen molar-refractivity contribution in [1.82, 2.24) is 5.32 Å². The van der Waals surface area contributed by atoms with Gasteiger partial charge in [0.05, 0.1) is 7.11 Å². The van der Waals surface area contributed by atoms with Gasteiger partial charge in [0.1, 0.15) is 0 Å². The standard InChI is InChI=1S/C13H20FNOS/c1-9(17-4)8-15-10(2)11-5-6-12(14)13(7-11)16-3/h5-7,9-10,15H,8H2,1-4H3. The largest absolute Gasteiger partial charge is 0.494 e. The molecule has 4 heteroatoms. The van der Waals surface area contributed by atoms with Crippen molar-refractivity contribution < 1.29 is 9.13 Å². The first-order valence-electron chi connectivity index (χ1n) is 5.68. The fraction of sp³-hybridized carbons (Fsp3) is 0.538. The summed E-state index contributed by atoms with van der Waals surface area (Å²) in [4.78, 5) is 0. The fourth-order valence-corrected chi connectivity index (χ4v) is 1.75. The number of rotatable bonds is 6. The van der Waals surface area contributed by atoms with E-state index >= 15 is 0 Å². The quantitative estimate of drug-likeness (QED) is 0.845. The van der Waals surface area contributed by atoms with Crippen LogP contribution in [0.1, 0.15) is 25.5 Å². The average molecular weight is 257 g/mol. The van der Waals surface area contributed by atoms with Crippen LogP contribution in [0.15, 0.2) is 18.2 Å². The number of benzene rings is 1. The maximum absolute atomic E-state index is 13.3. The van der Waals surface area contributed by atoms with Gasteiger partial charge in [-0.1, -0.05) is 13.0 Å². The van der Waals surface area contributed by atoms with Gasteiger partial charge < -0.3 is 10.1 Å². The maximum Gasteiger partial charge on any atom is 0.165 e. The van der Waals surface area contributed by atoms with Gasteiger partial charge in [-0.3, -0.25) is 0 Å². The lowest BCUT2D eigenvalue weighted by atomic mass is 10.1. The van der Waals surface area contributed by atoms with Gasteiger partial charge in [0.25, 0.3) is 0 Å². The van der Waals surface area contributed by atoms with E-state index in [2.05, 4.69) is 25.4 Å². The van der Waals surface area contributed by atoms with Crippen molar-refractivity contribution in [3.63, 3.8) is 0 Å². The fourth-order valence-electron chi connectivity index (χ4n) is 1.49. The van der Waals surface area contributed by atoms with Gasteiger partial charge in [-0.05, 0) is 30.9 Å². The molecule has 0 aliphatic heterocycles. The molecule has 96 valence electrons. The monoisotopic (exact) mass is 257 g/mol. The van der Waals surface area contributed by atoms with Crippen LogP contribution < -0.4 is 10.1 Å². The van der Waals surface area contributed by atoms with Crippen molar-refractivity contribution in [3.05, 3.63) is 29.6 Å². The molecule has 2 atom stereocenters. The minimum absolute atomic E-state index is 0.194. The topological polar surface area (TPSA) is 21.3 Å². The van der Waals surface area contributed by atoms with Crippen LogP contribution in [-0.2, 0) is 0 Å². The Balaban J connectivity index is 2.65. The molecular weight excluding hydrogens is 237 g/mol. The zero-order valence-corrected chi connectivity index (χ0v) is 11.6. The molecule has 1 N–H and O–H groups in total. The molecule has 2 unspecified atom stereocenters. The number of halogens is 1. The van der Waals surface area contributed by atoms with Crippen molar-refractivity contribution in [1.29, 1.82) is 0 Å². The van der Waals surface area contributed by atoms with Gasteiger partial charge in [-0.25, -0.2) is 4.39 Å². The summed E-state index contributed by atoms with van der Waals surface area (Å²) in [6.45, 7) is 5.18. The Kier molecular flexibility index (Phi) is 5.78. The molecule has 17 heavy (non-hydrogen) atoms. The van der Waals surface area contributed by atoms with Crippen LogP contribution in [0, 0.1) is 5.82 Å². The van der Waals surface area contributed by atoms with Crippen LogP contribution in [0.3, 0.4) is 0 Å². The van der Waals surface area contributed by atoms with E-state index in [-0.39, 0.29) is 11.9 Å². The molecule has 0 aliphatic carbocycles. The van der Waals surface area contributed by atoms with E-state index in [4.69, 9.17) is 4.74 Å². The van der Waals surface area contributed by atoms with E-state index in [0.29, 0.717) is 11.0 Å². The highest BCUT2D eigenvalue weighted by Crippen LogP contribution is 2.22. The summed E-state index contributed by atoms with van der Waals surface area (Å²) in [5.74, 6) is -0.0185. The van der Waals surface area contributed by atoms with Crippen LogP contribution in [0.5, 0.6) is 5.75 Å². The van der Waals surface area contributed by atoms with Crippen molar-refractivity contribution in [2.24, 2.45) is 0 Å². The minimum Gasteiger partial charge on any atom is -0.494 e. The number of methoxy groups -OCH3 is 1. The summed E-state index contributed by atoms with van der Waals surface area (Å²) in [5, 5.41) is 3.99. The van der Waals surface area contributed by atoms with Gasteiger partial charge >= 0.3 is 0 Å². The molecule has 1 aromatic carbocycles. The molecule has 0 aliphatic rings. The molecule has 0 fully saturated rings. The molecule has 0 aromatic heterocycles. The summed E-state index contributed by atoms with van der Waals surface area (Å²) in [6.07, 6.45) is 2.10. The molecule has 0 radical (unpaired) electrons. The van der Waals surface area contributed by atoms with Crippen molar-refractivity contribution in [2.45, 2.75) is 25.1 Å². The highest BCUT2D eigenvalue weighted by atomic mass is 32.2. The third-order valence-corrected chi connectivity index (χ3v) is 3.76. The lowest BCUT2D eigenvalue weighted by molar-refractivity contribution is 0.385. The Morgan fingerprint density at radius 2 is 2.12 bits per heavy atom. The zero-order valence-electron chi connectivity index (χ0n) is 10.8. The van der Waals surface area contributed by atoms with Crippen LogP contribution in [0.4, 0.5) is 4.39 Å². The first-order chi connectivity index (χ1) is 8.08. The lowest BCUT2D eigenvalue weighted by Gasteiger charge is -2.17. The van der Waals surface area contributed by atoms with Gasteiger partial charge in [-0.15, -0.1) is 0 Å². The Morgan fingerprint density at radius 3 is 2.71 bits per heavy atom. The highest BCUT2D eigenvalue weighted by Gasteiger charge is 2.10. The maximum atomic E-state index is 13.3. The summed E-state index contributed by atoms with van der Waals surface area (Å²) in [6, 6.07) is 5.18. The SMILES string of the molecule is COc1cc(C(C)NCC(C)SC)ccc1F. The number of hydrogen-bond donors (Lipinski definition) is 1. The normalized spacial score (nSPS) is 14.4. The molecule has 0 spiro atoms. The predicted molar refractivity (Wildman–Crippen MR) is 72.3 cm³/mol. The number of nitrogens with one attached hydrogen (secondary N) is 1. The predicted octanol–water partition coefficient (Wildman–Crippen LogP) is 3.24. The minimum atomic E-state index is -0.319. The summed E-state index contributed by atoms with van der Waals surface area (Å²) < 4.78 is 18.2. The Morgan fingerprint density at radius 1 is 1.41 bits per heavy atom. The van der Waals surface area contributed by atoms with E-state index in [1.165, 1.54) is 13.2 Å². The Hall–Kier alpha value is -0.740. The van der Waals surface area contributed by atoms with Gasteiger partial charge in [0.15, 0.2) is 11.6 Å². The van der Waals surface area contributed by atoms with Crippen molar-refractivity contribution in [2.75, 3.05) is 19.9 Å². The summed E-state index contributed by atoms with van der Waals surface area (Å²) in [5.41, 5.74) is 1.04. The third-order valence-electron chi connectivity index (χ3n) is 2.79. The number of ether oxygens (including phenoxy) is 1. The second-order valence-electron chi connectivity index (χ2n) is 4.07. The molecule has 1 aromatic rings. The van der Waals surface area contributed by atoms with Crippen molar-refractivity contribution >= 4 is 11.8 Å². The van der Waals surface area contributed by atoms with E-state index < -0.39 is 0 Å². The first kappa shape index (κ1) is 14.3. The summed E-state index contributed by atoms with van der Waals surface area (Å²) >= 11 is 1.82. The van der Waals surface area contributed by atoms with Crippen molar-refractivity contribution in [3.8, 4) is 5.75 Å². The first-order valence-corrected chi connectivity index (χ1v) is 6.97. The summed E-state index contributed by atoms with van der Waals surface area (Å²) in [7, 11) is 1.48. The Bertz CT molecular complexity index is 359. The number of thioether (sulfide) groups is 1. The van der Waals surface area contributed by atoms with Gasteiger partial charge in [0, 0.05) is 17.8 Å². The molecule has 1 rings (SSSR count). The van der Waals surface area contributed by atoms with Crippen LogP contribution in [0.25, 0.3) is 0 Å². The molecule has 0 amide bonds. The van der Waals surface area contributed by atoms with Gasteiger partial charge in [-0.2, -0.15) is 11.8 Å². The highest BCUT2D eigenvalue weighted by molar-refractivity contribution is 7.99. The molecule has 0 heterocycles. The van der Waals surface area contributed by atoms with E-state index in [1.807, 2.05) is 11.8 Å². The molecule has 0 bridgehead atoms. The second-order valence-corrected chi connectivity index (χ2v) is 5.35. The molecule has 0 saturated heterocycles.